The lowest BCUT2D eigenvalue weighted by Gasteiger charge is -2.12. The van der Waals surface area contributed by atoms with Crippen molar-refractivity contribution in [2.24, 2.45) is 0 Å². The van der Waals surface area contributed by atoms with E-state index in [0.717, 1.165) is 11.3 Å². The normalized spacial score (nSPS) is 11.3. The standard InChI is InChI=1S/C23H21FN4O3/c1-14(2)20-19-12-25-28(18-10-8-17(24)9-11-18)21(19)22(29)27(26-20)13-15-4-6-16(7-5-15)23(30)31-3/h4-12,14H,13H2,1-3H3. The van der Waals surface area contributed by atoms with Crippen molar-refractivity contribution in [1.29, 1.82) is 0 Å². The Morgan fingerprint density at radius 2 is 1.77 bits per heavy atom. The number of benzene rings is 2. The number of aromatic nitrogens is 4. The van der Waals surface area contributed by atoms with Gasteiger partial charge in [-0.25, -0.2) is 18.5 Å². The third-order valence-corrected chi connectivity index (χ3v) is 5.04. The lowest BCUT2D eigenvalue weighted by molar-refractivity contribution is 0.0600. The highest BCUT2D eigenvalue weighted by Crippen LogP contribution is 2.23. The molecule has 8 heteroatoms. The number of esters is 1. The number of methoxy groups -OCH3 is 1. The Bertz CT molecular complexity index is 1310. The molecule has 0 amide bonds. The second-order valence-corrected chi connectivity index (χ2v) is 7.49. The van der Waals surface area contributed by atoms with E-state index in [2.05, 4.69) is 10.2 Å². The number of carbonyl (C=O) groups excluding carboxylic acids is 1. The predicted molar refractivity (Wildman–Crippen MR) is 114 cm³/mol. The highest BCUT2D eigenvalue weighted by atomic mass is 19.1. The van der Waals surface area contributed by atoms with E-state index in [1.807, 2.05) is 13.8 Å². The molecule has 4 aromatic rings. The smallest absolute Gasteiger partial charge is 0.337 e. The molecule has 0 aliphatic heterocycles. The molecule has 0 saturated heterocycles. The van der Waals surface area contributed by atoms with Crippen molar-refractivity contribution in [2.75, 3.05) is 7.11 Å². The SMILES string of the molecule is COC(=O)c1ccc(Cn2nc(C(C)C)c3cnn(-c4ccc(F)cc4)c3c2=O)cc1. The van der Waals surface area contributed by atoms with E-state index >= 15 is 0 Å². The molecule has 0 saturated carbocycles. The lowest BCUT2D eigenvalue weighted by atomic mass is 10.1. The summed E-state index contributed by atoms with van der Waals surface area (Å²) in [5.41, 5.74) is 2.65. The fourth-order valence-electron chi connectivity index (χ4n) is 3.44. The largest absolute Gasteiger partial charge is 0.465 e. The number of carbonyl (C=O) groups is 1. The third kappa shape index (κ3) is 3.84. The second kappa shape index (κ2) is 8.14. The molecular weight excluding hydrogens is 399 g/mol. The first-order valence-electron chi connectivity index (χ1n) is 9.81. The maximum absolute atomic E-state index is 13.4. The van der Waals surface area contributed by atoms with Crippen LogP contribution in [-0.4, -0.2) is 32.6 Å². The maximum atomic E-state index is 13.4. The zero-order valence-electron chi connectivity index (χ0n) is 17.4. The van der Waals surface area contributed by atoms with Crippen LogP contribution in [0.1, 0.15) is 41.4 Å². The summed E-state index contributed by atoms with van der Waals surface area (Å²) in [6.07, 6.45) is 1.62. The minimum Gasteiger partial charge on any atom is -0.465 e. The highest BCUT2D eigenvalue weighted by Gasteiger charge is 2.19. The van der Waals surface area contributed by atoms with Gasteiger partial charge in [-0.15, -0.1) is 0 Å². The summed E-state index contributed by atoms with van der Waals surface area (Å²) in [4.78, 5) is 25.0. The maximum Gasteiger partial charge on any atom is 0.337 e. The first-order valence-corrected chi connectivity index (χ1v) is 9.81. The van der Waals surface area contributed by atoms with Crippen LogP contribution in [0, 0.1) is 5.82 Å². The number of ether oxygens (including phenoxy) is 1. The molecule has 0 N–H and O–H groups in total. The third-order valence-electron chi connectivity index (χ3n) is 5.04. The van der Waals surface area contributed by atoms with Gasteiger partial charge in [-0.2, -0.15) is 10.2 Å². The Balaban J connectivity index is 1.83. The van der Waals surface area contributed by atoms with Gasteiger partial charge in [0.1, 0.15) is 11.3 Å². The van der Waals surface area contributed by atoms with Crippen LogP contribution >= 0.6 is 0 Å². The molecule has 4 rings (SSSR count). The number of halogens is 1. The lowest BCUT2D eigenvalue weighted by Crippen LogP contribution is -2.27. The number of hydrogen-bond acceptors (Lipinski definition) is 5. The average molecular weight is 420 g/mol. The molecule has 2 aromatic heterocycles. The topological polar surface area (TPSA) is 79.0 Å². The minimum atomic E-state index is -0.423. The van der Waals surface area contributed by atoms with Crippen molar-refractivity contribution in [1.82, 2.24) is 19.6 Å². The molecule has 0 fully saturated rings. The van der Waals surface area contributed by atoms with Gasteiger partial charge in [-0.05, 0) is 47.9 Å². The minimum absolute atomic E-state index is 0.0573. The average Bonchev–Trinajstić information content (AvgIpc) is 3.21. The van der Waals surface area contributed by atoms with Crippen molar-refractivity contribution >= 4 is 16.9 Å². The van der Waals surface area contributed by atoms with Gasteiger partial charge >= 0.3 is 5.97 Å². The zero-order chi connectivity index (χ0) is 22.1. The van der Waals surface area contributed by atoms with Crippen molar-refractivity contribution in [3.05, 3.63) is 87.7 Å². The first kappa shape index (κ1) is 20.5. The number of hydrogen-bond donors (Lipinski definition) is 0. The van der Waals surface area contributed by atoms with Gasteiger partial charge in [0.05, 0.1) is 36.8 Å². The summed E-state index contributed by atoms with van der Waals surface area (Å²) in [6, 6.07) is 12.6. The molecule has 31 heavy (non-hydrogen) atoms. The molecule has 0 unspecified atom stereocenters. The summed E-state index contributed by atoms with van der Waals surface area (Å²) in [5.74, 6) is -0.729. The quantitative estimate of drug-likeness (QED) is 0.460. The molecule has 0 radical (unpaired) electrons. The number of fused-ring (bicyclic) bond motifs is 1. The van der Waals surface area contributed by atoms with Crippen molar-refractivity contribution < 1.29 is 13.9 Å². The van der Waals surface area contributed by atoms with E-state index < -0.39 is 5.97 Å². The van der Waals surface area contributed by atoms with E-state index in [4.69, 9.17) is 4.74 Å². The highest BCUT2D eigenvalue weighted by molar-refractivity contribution is 5.89. The summed E-state index contributed by atoms with van der Waals surface area (Å²) in [7, 11) is 1.33. The van der Waals surface area contributed by atoms with Gasteiger partial charge in [-0.3, -0.25) is 4.79 Å². The van der Waals surface area contributed by atoms with Crippen molar-refractivity contribution in [2.45, 2.75) is 26.3 Å². The Morgan fingerprint density at radius 1 is 1.10 bits per heavy atom. The fourth-order valence-corrected chi connectivity index (χ4v) is 3.44. The molecule has 2 aromatic carbocycles. The molecule has 7 nitrogen and oxygen atoms in total. The molecule has 2 heterocycles. The zero-order valence-corrected chi connectivity index (χ0v) is 17.4. The summed E-state index contributed by atoms with van der Waals surface area (Å²) < 4.78 is 21.0. The Morgan fingerprint density at radius 3 is 2.39 bits per heavy atom. The van der Waals surface area contributed by atoms with Crippen LogP contribution in [0.5, 0.6) is 0 Å². The monoisotopic (exact) mass is 420 g/mol. The van der Waals surface area contributed by atoms with Crippen LogP contribution in [0.15, 0.2) is 59.5 Å². The van der Waals surface area contributed by atoms with Gasteiger partial charge in [0, 0.05) is 5.39 Å². The van der Waals surface area contributed by atoms with Crippen LogP contribution < -0.4 is 5.56 Å². The second-order valence-electron chi connectivity index (χ2n) is 7.49. The molecular formula is C23H21FN4O3. The molecule has 0 atom stereocenters. The molecule has 0 bridgehead atoms. The Kier molecular flexibility index (Phi) is 5.37. The Labute approximate surface area is 177 Å². The molecule has 0 aliphatic rings. The molecule has 0 spiro atoms. The van der Waals surface area contributed by atoms with Gasteiger partial charge in [0.15, 0.2) is 0 Å². The molecule has 0 aliphatic carbocycles. The first-order chi connectivity index (χ1) is 14.9. The van der Waals surface area contributed by atoms with E-state index in [0.29, 0.717) is 22.2 Å². The van der Waals surface area contributed by atoms with Crippen LogP contribution in [0.3, 0.4) is 0 Å². The van der Waals surface area contributed by atoms with Gasteiger partial charge in [0.2, 0.25) is 0 Å². The van der Waals surface area contributed by atoms with Crippen LogP contribution in [0.25, 0.3) is 16.6 Å². The van der Waals surface area contributed by atoms with Gasteiger partial charge < -0.3 is 4.74 Å². The summed E-state index contributed by atoms with van der Waals surface area (Å²) >= 11 is 0. The van der Waals surface area contributed by atoms with E-state index in [1.54, 1.807) is 42.6 Å². The predicted octanol–water partition coefficient (Wildman–Crippen LogP) is 3.68. The van der Waals surface area contributed by atoms with E-state index in [-0.39, 0.29) is 23.8 Å². The van der Waals surface area contributed by atoms with E-state index in [9.17, 15) is 14.0 Å². The van der Waals surface area contributed by atoms with Crippen LogP contribution in [0.2, 0.25) is 0 Å². The van der Waals surface area contributed by atoms with Crippen LogP contribution in [0.4, 0.5) is 4.39 Å². The van der Waals surface area contributed by atoms with Crippen LogP contribution in [-0.2, 0) is 11.3 Å². The van der Waals surface area contributed by atoms with Gasteiger partial charge in [0.25, 0.3) is 5.56 Å². The summed E-state index contributed by atoms with van der Waals surface area (Å²) in [5, 5.41) is 9.63. The Hall–Kier alpha value is -3.81. The molecule has 158 valence electrons. The fraction of sp³-hybridized carbons (Fsp3) is 0.217. The van der Waals surface area contributed by atoms with Gasteiger partial charge in [-0.1, -0.05) is 26.0 Å². The van der Waals surface area contributed by atoms with E-state index in [1.165, 1.54) is 28.6 Å². The van der Waals surface area contributed by atoms with Crippen molar-refractivity contribution in [3.63, 3.8) is 0 Å². The number of nitrogens with zero attached hydrogens (tertiary/aromatic N) is 4. The summed E-state index contributed by atoms with van der Waals surface area (Å²) in [6.45, 7) is 4.22. The van der Waals surface area contributed by atoms with Crippen molar-refractivity contribution in [3.8, 4) is 5.69 Å². The number of rotatable bonds is 5.